The Morgan fingerprint density at radius 1 is 1.35 bits per heavy atom. The molecule has 92 valence electrons. The van der Waals surface area contributed by atoms with Gasteiger partial charge < -0.3 is 10.3 Å². The van der Waals surface area contributed by atoms with Gasteiger partial charge in [-0.2, -0.15) is 4.79 Å². The second-order valence-electron chi connectivity index (χ2n) is 5.87. The zero-order chi connectivity index (χ0) is 12.6. The van der Waals surface area contributed by atoms with Crippen molar-refractivity contribution in [2.24, 2.45) is 17.8 Å². The monoisotopic (exact) mass is 234 g/mol. The van der Waals surface area contributed by atoms with Crippen LogP contribution in [0.5, 0.6) is 0 Å². The van der Waals surface area contributed by atoms with Crippen LogP contribution in [0.4, 0.5) is 0 Å². The Morgan fingerprint density at radius 2 is 2.06 bits per heavy atom. The van der Waals surface area contributed by atoms with E-state index in [1.54, 1.807) is 20.8 Å². The third-order valence-electron chi connectivity index (χ3n) is 3.35. The summed E-state index contributed by atoms with van der Waals surface area (Å²) in [6.07, 6.45) is 6.26. The third-order valence-corrected chi connectivity index (χ3v) is 3.35. The first-order valence-corrected chi connectivity index (χ1v) is 6.04. The second-order valence-corrected chi connectivity index (χ2v) is 5.87. The van der Waals surface area contributed by atoms with Gasteiger partial charge in [0.05, 0.1) is 5.92 Å². The number of carbonyl (C=O) groups is 1. The largest absolute Gasteiger partial charge is 0.451 e. The number of rotatable bonds is 2. The standard InChI is InChI=1S/C13H18N2O2/c1-13(2,3)17-12(16)11(15-14)10-7-8-4-5-9(10)6-8/h4-5,8-10H,6-7H2,1-3H3/t8-,9+,10?/m0/s1. The van der Waals surface area contributed by atoms with Gasteiger partial charge in [0, 0.05) is 0 Å². The van der Waals surface area contributed by atoms with Gasteiger partial charge in [-0.3, -0.25) is 0 Å². The Bertz CT molecular complexity index is 414. The van der Waals surface area contributed by atoms with Crippen molar-refractivity contribution in [3.8, 4) is 0 Å². The van der Waals surface area contributed by atoms with E-state index in [1.807, 2.05) is 0 Å². The van der Waals surface area contributed by atoms with Crippen molar-refractivity contribution in [2.75, 3.05) is 0 Å². The maximum absolute atomic E-state index is 11.9. The van der Waals surface area contributed by atoms with Gasteiger partial charge in [-0.1, -0.05) is 12.2 Å². The van der Waals surface area contributed by atoms with Crippen LogP contribution in [0.2, 0.25) is 0 Å². The van der Waals surface area contributed by atoms with Gasteiger partial charge >= 0.3 is 11.7 Å². The molecule has 0 saturated heterocycles. The molecule has 2 aliphatic rings. The van der Waals surface area contributed by atoms with Crippen LogP contribution in [-0.2, 0) is 9.53 Å². The average Bonchev–Trinajstić information content (AvgIpc) is 2.77. The number of fused-ring (bicyclic) bond motifs is 2. The Morgan fingerprint density at radius 3 is 2.47 bits per heavy atom. The van der Waals surface area contributed by atoms with E-state index >= 15 is 0 Å². The summed E-state index contributed by atoms with van der Waals surface area (Å²) in [6.45, 7) is 5.42. The molecule has 0 radical (unpaired) electrons. The summed E-state index contributed by atoms with van der Waals surface area (Å²) in [5.41, 5.74) is 8.67. The van der Waals surface area contributed by atoms with E-state index in [1.165, 1.54) is 0 Å². The predicted octanol–water partition coefficient (Wildman–Crippen LogP) is 2.21. The Hall–Kier alpha value is -1.41. The molecule has 0 N–H and O–H groups in total. The number of carbonyl (C=O) groups excluding carboxylic acids is 1. The molecular formula is C13H18N2O2. The van der Waals surface area contributed by atoms with Crippen LogP contribution in [0.3, 0.4) is 0 Å². The molecule has 4 nitrogen and oxygen atoms in total. The molecule has 0 aromatic rings. The molecule has 0 spiro atoms. The number of hydrogen-bond donors (Lipinski definition) is 0. The molecule has 1 saturated carbocycles. The zero-order valence-electron chi connectivity index (χ0n) is 10.5. The van der Waals surface area contributed by atoms with Crippen LogP contribution in [0.15, 0.2) is 12.2 Å². The summed E-state index contributed by atoms with van der Waals surface area (Å²) in [6, 6.07) is 0. The highest BCUT2D eigenvalue weighted by Crippen LogP contribution is 2.43. The number of nitrogens with zero attached hydrogens (tertiary/aromatic N) is 2. The highest BCUT2D eigenvalue weighted by Gasteiger charge is 2.46. The highest BCUT2D eigenvalue weighted by atomic mass is 16.6. The van der Waals surface area contributed by atoms with Crippen molar-refractivity contribution in [1.82, 2.24) is 0 Å². The first kappa shape index (κ1) is 12.1. The van der Waals surface area contributed by atoms with E-state index in [0.29, 0.717) is 11.8 Å². The lowest BCUT2D eigenvalue weighted by Crippen LogP contribution is -2.35. The predicted molar refractivity (Wildman–Crippen MR) is 63.3 cm³/mol. The summed E-state index contributed by atoms with van der Waals surface area (Å²) in [5, 5.41) is 0. The molecule has 0 aromatic heterocycles. The summed E-state index contributed by atoms with van der Waals surface area (Å²) in [5.74, 6) is 0.387. The van der Waals surface area contributed by atoms with E-state index < -0.39 is 11.6 Å². The van der Waals surface area contributed by atoms with Gasteiger partial charge in [0.2, 0.25) is 0 Å². The minimum absolute atomic E-state index is 0.0184. The maximum atomic E-state index is 11.9. The molecule has 17 heavy (non-hydrogen) atoms. The number of allylic oxidation sites excluding steroid dienone is 2. The smallest absolute Gasteiger partial charge is 0.417 e. The van der Waals surface area contributed by atoms with E-state index in [-0.39, 0.29) is 11.6 Å². The van der Waals surface area contributed by atoms with Gasteiger partial charge in [-0.05, 0) is 45.4 Å². The Labute approximate surface area is 101 Å². The normalized spacial score (nSPS) is 30.2. The molecule has 0 amide bonds. The molecule has 2 rings (SSSR count). The molecule has 0 aromatic carbocycles. The molecule has 1 unspecified atom stereocenters. The lowest BCUT2D eigenvalue weighted by molar-refractivity contribution is -0.152. The molecule has 0 heterocycles. The summed E-state index contributed by atoms with van der Waals surface area (Å²) in [7, 11) is 0. The Kier molecular flexibility index (Phi) is 2.92. The lowest BCUT2D eigenvalue weighted by atomic mass is 9.89. The molecule has 1 fully saturated rings. The zero-order valence-corrected chi connectivity index (χ0v) is 10.5. The number of hydrogen-bond acceptors (Lipinski definition) is 2. The number of ether oxygens (including phenoxy) is 1. The van der Waals surface area contributed by atoms with Gasteiger partial charge in [0.1, 0.15) is 5.60 Å². The van der Waals surface area contributed by atoms with Crippen molar-refractivity contribution in [3.63, 3.8) is 0 Å². The van der Waals surface area contributed by atoms with Crippen LogP contribution in [0.25, 0.3) is 5.53 Å². The minimum Gasteiger partial charge on any atom is -0.451 e. The van der Waals surface area contributed by atoms with E-state index in [2.05, 4.69) is 16.9 Å². The topological polar surface area (TPSA) is 62.7 Å². The van der Waals surface area contributed by atoms with Crippen LogP contribution in [0, 0.1) is 17.8 Å². The van der Waals surface area contributed by atoms with E-state index in [4.69, 9.17) is 10.3 Å². The quantitative estimate of drug-likeness (QED) is 0.242. The maximum Gasteiger partial charge on any atom is 0.417 e. The van der Waals surface area contributed by atoms with Crippen molar-refractivity contribution in [2.45, 2.75) is 39.2 Å². The fraction of sp³-hybridized carbons (Fsp3) is 0.692. The molecule has 4 heteroatoms. The highest BCUT2D eigenvalue weighted by molar-refractivity contribution is 6.35. The Balaban J connectivity index is 2.11. The number of esters is 1. The fourth-order valence-corrected chi connectivity index (χ4v) is 2.69. The van der Waals surface area contributed by atoms with Crippen LogP contribution in [0.1, 0.15) is 33.6 Å². The molecular weight excluding hydrogens is 216 g/mol. The molecule has 2 aliphatic carbocycles. The third kappa shape index (κ3) is 2.47. The van der Waals surface area contributed by atoms with Crippen LogP contribution in [-0.4, -0.2) is 22.1 Å². The van der Waals surface area contributed by atoms with Gasteiger partial charge in [0.25, 0.3) is 0 Å². The molecule has 2 bridgehead atoms. The van der Waals surface area contributed by atoms with Crippen molar-refractivity contribution >= 4 is 11.7 Å². The fourth-order valence-electron chi connectivity index (χ4n) is 2.69. The minimum atomic E-state index is -0.555. The van der Waals surface area contributed by atoms with E-state index in [9.17, 15) is 4.79 Å². The molecule has 0 aliphatic heterocycles. The van der Waals surface area contributed by atoms with Crippen molar-refractivity contribution in [3.05, 3.63) is 17.7 Å². The van der Waals surface area contributed by atoms with E-state index in [0.717, 1.165) is 12.8 Å². The summed E-state index contributed by atoms with van der Waals surface area (Å²) in [4.78, 5) is 15.1. The van der Waals surface area contributed by atoms with Crippen LogP contribution < -0.4 is 0 Å². The average molecular weight is 234 g/mol. The summed E-state index contributed by atoms with van der Waals surface area (Å²) < 4.78 is 5.26. The van der Waals surface area contributed by atoms with Gasteiger partial charge in [-0.15, -0.1) is 0 Å². The summed E-state index contributed by atoms with van der Waals surface area (Å²) >= 11 is 0. The first-order chi connectivity index (χ1) is 7.90. The van der Waals surface area contributed by atoms with Crippen LogP contribution >= 0.6 is 0 Å². The lowest BCUT2D eigenvalue weighted by Gasteiger charge is -2.20. The van der Waals surface area contributed by atoms with Crippen molar-refractivity contribution in [1.29, 1.82) is 0 Å². The van der Waals surface area contributed by atoms with Crippen molar-refractivity contribution < 1.29 is 14.3 Å². The second kappa shape index (κ2) is 4.11. The van der Waals surface area contributed by atoms with Gasteiger partial charge in [0.15, 0.2) is 0 Å². The molecule has 3 atom stereocenters. The van der Waals surface area contributed by atoms with Gasteiger partial charge in [-0.25, -0.2) is 4.79 Å². The SMILES string of the molecule is CC(C)(C)OC(=O)C(=[N+]=[N-])C1C[C@H]2C=C[C@@H]1C2. The first-order valence-electron chi connectivity index (χ1n) is 6.04.